The van der Waals surface area contributed by atoms with Crippen molar-refractivity contribution in [1.29, 1.82) is 0 Å². The summed E-state index contributed by atoms with van der Waals surface area (Å²) in [5.74, 6) is -0.294. The molecule has 7 nitrogen and oxygen atoms in total. The standard InChI is InChI=1S/C20H23N3O4S/c1-3-23(4-2)28(26,27)16-11-8-15(9-12-16)20(25)22-21-17-13-10-14-6-5-7-18(24)19(14)17/h5-9,11-12,24H,3-4,10,13H2,1-2H3,(H,22,25)/b21-17+. The first kappa shape index (κ1) is 20.0. The van der Waals surface area contributed by atoms with Gasteiger partial charge in [0.1, 0.15) is 5.75 Å². The topological polar surface area (TPSA) is 99.1 Å². The lowest BCUT2D eigenvalue weighted by molar-refractivity contribution is 0.0954. The molecule has 2 aromatic carbocycles. The summed E-state index contributed by atoms with van der Waals surface area (Å²) >= 11 is 0. The summed E-state index contributed by atoms with van der Waals surface area (Å²) in [6.45, 7) is 4.32. The number of nitrogens with one attached hydrogen (secondary N) is 1. The molecular weight excluding hydrogens is 378 g/mol. The number of fused-ring (bicyclic) bond motifs is 1. The van der Waals surface area contributed by atoms with Crippen molar-refractivity contribution >= 4 is 21.6 Å². The average Bonchev–Trinajstić information content (AvgIpc) is 3.11. The number of nitrogens with zero attached hydrogens (tertiary/aromatic N) is 2. The summed E-state index contributed by atoms with van der Waals surface area (Å²) in [5.41, 5.74) is 5.09. The molecule has 0 saturated carbocycles. The number of sulfonamides is 1. The Bertz CT molecular complexity index is 1010. The zero-order valence-corrected chi connectivity index (χ0v) is 16.7. The van der Waals surface area contributed by atoms with E-state index in [9.17, 15) is 18.3 Å². The van der Waals surface area contributed by atoms with Gasteiger partial charge in [0.2, 0.25) is 10.0 Å². The number of hydrogen-bond donors (Lipinski definition) is 2. The van der Waals surface area contributed by atoms with Crippen molar-refractivity contribution in [1.82, 2.24) is 9.73 Å². The van der Waals surface area contributed by atoms with Gasteiger partial charge in [-0.25, -0.2) is 13.8 Å². The van der Waals surface area contributed by atoms with E-state index in [0.29, 0.717) is 36.3 Å². The molecule has 0 aliphatic heterocycles. The third kappa shape index (κ3) is 3.79. The molecule has 148 valence electrons. The smallest absolute Gasteiger partial charge is 0.271 e. The quantitative estimate of drug-likeness (QED) is 0.727. The fourth-order valence-electron chi connectivity index (χ4n) is 3.29. The highest BCUT2D eigenvalue weighted by molar-refractivity contribution is 7.89. The Morgan fingerprint density at radius 1 is 1.11 bits per heavy atom. The zero-order valence-electron chi connectivity index (χ0n) is 15.8. The van der Waals surface area contributed by atoms with E-state index in [-0.39, 0.29) is 10.6 Å². The predicted octanol–water partition coefficient (Wildman–Crippen LogP) is 2.50. The largest absolute Gasteiger partial charge is 0.507 e. The lowest BCUT2D eigenvalue weighted by Gasteiger charge is -2.18. The molecule has 0 heterocycles. The molecule has 1 amide bonds. The van der Waals surface area contributed by atoms with Crippen LogP contribution < -0.4 is 5.43 Å². The number of phenolic OH excluding ortho intramolecular Hbond substituents is 1. The van der Waals surface area contributed by atoms with Gasteiger partial charge in [-0.2, -0.15) is 9.41 Å². The molecule has 0 aromatic heterocycles. The van der Waals surface area contributed by atoms with E-state index in [1.807, 2.05) is 6.07 Å². The van der Waals surface area contributed by atoms with Crippen LogP contribution in [0.15, 0.2) is 52.5 Å². The van der Waals surface area contributed by atoms with E-state index in [4.69, 9.17) is 0 Å². The number of aryl methyl sites for hydroxylation is 1. The van der Waals surface area contributed by atoms with Gasteiger partial charge in [-0.15, -0.1) is 0 Å². The lowest BCUT2D eigenvalue weighted by atomic mass is 10.1. The number of carbonyl (C=O) groups excluding carboxylic acids is 1. The Hall–Kier alpha value is -2.71. The molecule has 1 aliphatic rings. The fraction of sp³-hybridized carbons (Fsp3) is 0.300. The first-order chi connectivity index (χ1) is 13.4. The Morgan fingerprint density at radius 3 is 2.43 bits per heavy atom. The summed E-state index contributed by atoms with van der Waals surface area (Å²) in [5, 5.41) is 14.2. The summed E-state index contributed by atoms with van der Waals surface area (Å²) in [6, 6.07) is 11.1. The Labute approximate surface area is 164 Å². The number of phenols is 1. The van der Waals surface area contributed by atoms with E-state index in [2.05, 4.69) is 10.5 Å². The van der Waals surface area contributed by atoms with Crippen molar-refractivity contribution in [3.63, 3.8) is 0 Å². The Morgan fingerprint density at radius 2 is 1.79 bits per heavy atom. The third-order valence-corrected chi connectivity index (χ3v) is 6.86. The first-order valence-electron chi connectivity index (χ1n) is 9.16. The van der Waals surface area contributed by atoms with Crippen molar-refractivity contribution < 1.29 is 18.3 Å². The highest BCUT2D eigenvalue weighted by Gasteiger charge is 2.23. The molecule has 3 rings (SSSR count). The molecule has 2 N–H and O–H groups in total. The Balaban J connectivity index is 1.75. The number of carbonyl (C=O) groups is 1. The molecule has 1 aliphatic carbocycles. The van der Waals surface area contributed by atoms with Gasteiger partial charge in [0.15, 0.2) is 0 Å². The number of aromatic hydroxyl groups is 1. The van der Waals surface area contributed by atoms with Gasteiger partial charge in [0.05, 0.1) is 10.6 Å². The van der Waals surface area contributed by atoms with Gasteiger partial charge in [0.25, 0.3) is 5.91 Å². The number of hydrazone groups is 1. The molecular formula is C20H23N3O4S. The van der Waals surface area contributed by atoms with E-state index in [0.717, 1.165) is 12.0 Å². The molecule has 2 aromatic rings. The van der Waals surface area contributed by atoms with Crippen LogP contribution in [0, 0.1) is 0 Å². The minimum absolute atomic E-state index is 0.147. The van der Waals surface area contributed by atoms with Crippen LogP contribution in [-0.4, -0.2) is 42.5 Å². The van der Waals surface area contributed by atoms with Gasteiger partial charge in [-0.3, -0.25) is 4.79 Å². The monoisotopic (exact) mass is 401 g/mol. The molecule has 8 heteroatoms. The van der Waals surface area contributed by atoms with Crippen LogP contribution in [0.1, 0.15) is 41.8 Å². The average molecular weight is 401 g/mol. The number of benzene rings is 2. The maximum atomic E-state index is 12.5. The molecule has 0 atom stereocenters. The van der Waals surface area contributed by atoms with E-state index < -0.39 is 15.9 Å². The highest BCUT2D eigenvalue weighted by atomic mass is 32.2. The number of amides is 1. The van der Waals surface area contributed by atoms with Crippen LogP contribution in [0.3, 0.4) is 0 Å². The van der Waals surface area contributed by atoms with Crippen LogP contribution in [0.5, 0.6) is 5.75 Å². The molecule has 0 unspecified atom stereocenters. The van der Waals surface area contributed by atoms with Gasteiger partial charge in [-0.1, -0.05) is 26.0 Å². The molecule has 0 saturated heterocycles. The normalized spacial score (nSPS) is 15.0. The van der Waals surface area contributed by atoms with Gasteiger partial charge in [-0.05, 0) is 48.7 Å². The summed E-state index contributed by atoms with van der Waals surface area (Å²) in [4.78, 5) is 12.5. The first-order valence-corrected chi connectivity index (χ1v) is 10.6. The van der Waals surface area contributed by atoms with Crippen LogP contribution in [-0.2, 0) is 16.4 Å². The highest BCUT2D eigenvalue weighted by Crippen LogP contribution is 2.29. The van der Waals surface area contributed by atoms with E-state index >= 15 is 0 Å². The third-order valence-electron chi connectivity index (χ3n) is 4.80. The van der Waals surface area contributed by atoms with Crippen LogP contribution in [0.25, 0.3) is 0 Å². The van der Waals surface area contributed by atoms with Crippen LogP contribution in [0.4, 0.5) is 0 Å². The summed E-state index contributed by atoms with van der Waals surface area (Å²) in [7, 11) is -3.56. The zero-order chi connectivity index (χ0) is 20.3. The van der Waals surface area contributed by atoms with E-state index in [1.165, 1.54) is 28.6 Å². The minimum Gasteiger partial charge on any atom is -0.507 e. The second-order valence-corrected chi connectivity index (χ2v) is 8.36. The Kier molecular flexibility index (Phi) is 5.81. The fourth-order valence-corrected chi connectivity index (χ4v) is 4.75. The molecule has 0 spiro atoms. The number of rotatable bonds is 6. The van der Waals surface area contributed by atoms with E-state index in [1.54, 1.807) is 26.0 Å². The molecule has 0 fully saturated rings. The van der Waals surface area contributed by atoms with Crippen molar-refractivity contribution in [3.8, 4) is 5.75 Å². The summed E-state index contributed by atoms with van der Waals surface area (Å²) in [6.07, 6.45) is 1.39. The van der Waals surface area contributed by atoms with Crippen molar-refractivity contribution in [3.05, 3.63) is 59.2 Å². The van der Waals surface area contributed by atoms with Crippen molar-refractivity contribution in [2.75, 3.05) is 13.1 Å². The maximum Gasteiger partial charge on any atom is 0.271 e. The summed E-state index contributed by atoms with van der Waals surface area (Å²) < 4.78 is 26.4. The SMILES string of the molecule is CCN(CC)S(=O)(=O)c1ccc(C(=O)N/N=C2\CCc3cccc(O)c32)cc1. The molecule has 0 radical (unpaired) electrons. The predicted molar refractivity (Wildman–Crippen MR) is 107 cm³/mol. The second-order valence-electron chi connectivity index (χ2n) is 6.42. The molecule has 28 heavy (non-hydrogen) atoms. The van der Waals surface area contributed by atoms with Crippen molar-refractivity contribution in [2.24, 2.45) is 5.10 Å². The van der Waals surface area contributed by atoms with Crippen molar-refractivity contribution in [2.45, 2.75) is 31.6 Å². The van der Waals surface area contributed by atoms with Gasteiger partial charge >= 0.3 is 0 Å². The van der Waals surface area contributed by atoms with Gasteiger partial charge < -0.3 is 5.11 Å². The minimum atomic E-state index is -3.56. The lowest BCUT2D eigenvalue weighted by Crippen LogP contribution is -2.30. The van der Waals surface area contributed by atoms with Crippen LogP contribution >= 0.6 is 0 Å². The maximum absolute atomic E-state index is 12.5. The second kappa shape index (κ2) is 8.12. The van der Waals surface area contributed by atoms with Crippen LogP contribution in [0.2, 0.25) is 0 Å². The number of hydrogen-bond acceptors (Lipinski definition) is 5. The van der Waals surface area contributed by atoms with Gasteiger partial charge in [0, 0.05) is 24.2 Å². The molecule has 0 bridgehead atoms.